The van der Waals surface area contributed by atoms with Crippen LogP contribution in [-0.4, -0.2) is 58.8 Å². The molecule has 0 bridgehead atoms. The van der Waals surface area contributed by atoms with Gasteiger partial charge in [0.05, 0.1) is 17.1 Å². The minimum absolute atomic E-state index is 0.0879. The SMILES string of the molecule is CC[PH](=O)OCOc1ccc2c(C(C)=O)cn(CC(=O)N3C[C@H](F)C[C@H]3C(=O)NCc3cccc(Cl)c3F)c2c1. The fraction of sp³-hybridized carbons (Fsp3) is 0.370. The average molecular weight is 596 g/mol. The molecule has 1 aliphatic heterocycles. The van der Waals surface area contributed by atoms with Crippen LogP contribution < -0.4 is 10.1 Å². The number of amides is 2. The van der Waals surface area contributed by atoms with Crippen molar-refractivity contribution in [1.82, 2.24) is 14.8 Å². The van der Waals surface area contributed by atoms with Crippen LogP contribution in [0, 0.1) is 5.82 Å². The van der Waals surface area contributed by atoms with E-state index >= 15 is 0 Å². The van der Waals surface area contributed by atoms with Gasteiger partial charge in [0.25, 0.3) is 0 Å². The molecular formula is C27H29ClF2N3O6P. The Morgan fingerprint density at radius 2 is 2.00 bits per heavy atom. The molecule has 9 nitrogen and oxygen atoms in total. The Morgan fingerprint density at radius 1 is 1.23 bits per heavy atom. The third-order valence-corrected chi connectivity index (χ3v) is 7.94. The van der Waals surface area contributed by atoms with Gasteiger partial charge in [-0.05, 0) is 25.1 Å². The van der Waals surface area contributed by atoms with Crippen molar-refractivity contribution in [1.29, 1.82) is 0 Å². The van der Waals surface area contributed by atoms with Crippen LogP contribution in [0.25, 0.3) is 10.9 Å². The largest absolute Gasteiger partial charge is 0.467 e. The summed E-state index contributed by atoms with van der Waals surface area (Å²) in [6, 6.07) is 8.23. The molecule has 40 heavy (non-hydrogen) atoms. The van der Waals surface area contributed by atoms with E-state index in [0.717, 1.165) is 4.90 Å². The normalized spacial score (nSPS) is 17.7. The highest BCUT2D eigenvalue weighted by molar-refractivity contribution is 7.39. The first-order valence-electron chi connectivity index (χ1n) is 12.6. The zero-order valence-electron chi connectivity index (χ0n) is 21.9. The second-order valence-corrected chi connectivity index (χ2v) is 11.5. The highest BCUT2D eigenvalue weighted by atomic mass is 35.5. The lowest BCUT2D eigenvalue weighted by Gasteiger charge is -2.24. The molecule has 3 atom stereocenters. The smallest absolute Gasteiger partial charge is 0.243 e. The number of ether oxygens (including phenoxy) is 1. The van der Waals surface area contributed by atoms with E-state index in [1.165, 1.54) is 25.3 Å². The lowest BCUT2D eigenvalue weighted by molar-refractivity contribution is -0.139. The Labute approximate surface area is 235 Å². The summed E-state index contributed by atoms with van der Waals surface area (Å²) in [5.41, 5.74) is 1.05. The second-order valence-electron chi connectivity index (χ2n) is 9.36. The summed E-state index contributed by atoms with van der Waals surface area (Å²) >= 11 is 5.79. The van der Waals surface area contributed by atoms with Crippen molar-refractivity contribution in [3.8, 4) is 5.75 Å². The molecule has 0 saturated carbocycles. The van der Waals surface area contributed by atoms with Gasteiger partial charge in [0.15, 0.2) is 20.6 Å². The molecule has 2 amide bonds. The monoisotopic (exact) mass is 595 g/mol. The third kappa shape index (κ3) is 6.71. The van der Waals surface area contributed by atoms with E-state index < -0.39 is 37.9 Å². The van der Waals surface area contributed by atoms with Crippen LogP contribution in [0.2, 0.25) is 5.02 Å². The molecule has 0 aliphatic carbocycles. The first-order chi connectivity index (χ1) is 19.1. The van der Waals surface area contributed by atoms with E-state index in [-0.39, 0.29) is 49.2 Å². The van der Waals surface area contributed by atoms with Crippen molar-refractivity contribution in [3.05, 3.63) is 64.6 Å². The number of nitrogens with one attached hydrogen (secondary N) is 1. The number of nitrogens with zero attached hydrogens (tertiary/aromatic N) is 2. The number of hydrogen-bond acceptors (Lipinski definition) is 6. The van der Waals surface area contributed by atoms with Gasteiger partial charge in [-0.2, -0.15) is 0 Å². The van der Waals surface area contributed by atoms with Gasteiger partial charge in [0.1, 0.15) is 30.3 Å². The van der Waals surface area contributed by atoms with Crippen molar-refractivity contribution in [2.24, 2.45) is 0 Å². The van der Waals surface area contributed by atoms with Crippen molar-refractivity contribution < 1.29 is 37.0 Å². The van der Waals surface area contributed by atoms with Crippen molar-refractivity contribution >= 4 is 48.1 Å². The van der Waals surface area contributed by atoms with Gasteiger partial charge in [0.2, 0.25) is 11.8 Å². The molecule has 1 unspecified atom stereocenters. The first-order valence-corrected chi connectivity index (χ1v) is 14.6. The van der Waals surface area contributed by atoms with Crippen LogP contribution in [0.1, 0.15) is 36.2 Å². The van der Waals surface area contributed by atoms with Gasteiger partial charge in [-0.3, -0.25) is 23.5 Å². The molecule has 13 heteroatoms. The number of hydrogen-bond donors (Lipinski definition) is 1. The molecule has 3 aromatic rings. The lowest BCUT2D eigenvalue weighted by Crippen LogP contribution is -2.46. The van der Waals surface area contributed by atoms with Crippen molar-refractivity contribution in [2.45, 2.75) is 45.6 Å². The summed E-state index contributed by atoms with van der Waals surface area (Å²) in [4.78, 5) is 39.7. The minimum Gasteiger partial charge on any atom is -0.467 e. The van der Waals surface area contributed by atoms with Crippen LogP contribution in [0.5, 0.6) is 5.75 Å². The number of halogens is 3. The third-order valence-electron chi connectivity index (χ3n) is 6.63. The summed E-state index contributed by atoms with van der Waals surface area (Å²) in [6.07, 6.45) is 0.306. The van der Waals surface area contributed by atoms with Crippen molar-refractivity contribution in [3.63, 3.8) is 0 Å². The van der Waals surface area contributed by atoms with E-state index in [0.29, 0.717) is 28.4 Å². The molecule has 0 radical (unpaired) electrons. The summed E-state index contributed by atoms with van der Waals surface area (Å²) < 4.78 is 52.4. The zero-order chi connectivity index (χ0) is 29.0. The average Bonchev–Trinajstić information content (AvgIpc) is 3.50. The number of ketones is 1. The second kappa shape index (κ2) is 12.9. The maximum absolute atomic E-state index is 14.4. The molecule has 0 spiro atoms. The fourth-order valence-electron chi connectivity index (χ4n) is 4.57. The topological polar surface area (TPSA) is 107 Å². The molecule has 2 heterocycles. The molecule has 1 aromatic heterocycles. The van der Waals surface area contributed by atoms with Crippen molar-refractivity contribution in [2.75, 3.05) is 19.5 Å². The molecule has 1 saturated heterocycles. The van der Waals surface area contributed by atoms with Gasteiger partial charge >= 0.3 is 0 Å². The maximum atomic E-state index is 14.4. The van der Waals surface area contributed by atoms with Gasteiger partial charge in [-0.15, -0.1) is 0 Å². The number of rotatable bonds is 11. The molecule has 4 rings (SSSR count). The molecule has 214 valence electrons. The van der Waals surface area contributed by atoms with Crippen LogP contribution >= 0.6 is 19.6 Å². The Bertz CT molecular complexity index is 1470. The van der Waals surface area contributed by atoms with Gasteiger partial charge in [0, 0.05) is 47.9 Å². The highest BCUT2D eigenvalue weighted by Crippen LogP contribution is 2.29. The molecular weight excluding hydrogens is 567 g/mol. The standard InChI is InChI=1S/C27H29ClF2N3O6P/c1-3-40(37)39-15-38-19-7-8-20-21(16(2)34)13-32(23(20)10-19)14-25(35)33-12-18(29)9-24(33)27(36)31-11-17-5-4-6-22(28)26(17)30/h4-8,10,13,18,24,40H,3,9,11-12,14-15H2,1-2H3,(H,31,36)/t18-,24+/m1/s1. The first kappa shape index (κ1) is 29.7. The Balaban J connectivity index is 1.51. The van der Waals surface area contributed by atoms with E-state index in [1.807, 2.05) is 0 Å². The predicted molar refractivity (Wildman–Crippen MR) is 146 cm³/mol. The summed E-state index contributed by atoms with van der Waals surface area (Å²) in [5.74, 6) is -1.65. The van der Waals surface area contributed by atoms with Crippen LogP contribution in [0.15, 0.2) is 42.6 Å². The number of benzene rings is 2. The van der Waals surface area contributed by atoms with Gasteiger partial charge in [-0.1, -0.05) is 30.7 Å². The van der Waals surface area contributed by atoms with Crippen LogP contribution in [0.3, 0.4) is 0 Å². The Morgan fingerprint density at radius 3 is 2.73 bits per heavy atom. The number of likely N-dealkylation sites (tertiary alicyclic amines) is 1. The number of Topliss-reactive ketones (excluding diaryl/α,β-unsaturated/α-hetero) is 1. The molecule has 2 aromatic carbocycles. The number of alkyl halides is 1. The zero-order valence-corrected chi connectivity index (χ0v) is 23.7. The number of carbonyl (C=O) groups is 3. The molecule has 1 fully saturated rings. The van der Waals surface area contributed by atoms with E-state index in [9.17, 15) is 27.7 Å². The maximum Gasteiger partial charge on any atom is 0.243 e. The lowest BCUT2D eigenvalue weighted by atomic mass is 10.1. The molecule has 1 aliphatic rings. The van der Waals surface area contributed by atoms with E-state index in [4.69, 9.17) is 20.9 Å². The summed E-state index contributed by atoms with van der Waals surface area (Å²) in [5, 5.41) is 3.06. The van der Waals surface area contributed by atoms with E-state index in [1.54, 1.807) is 35.8 Å². The van der Waals surface area contributed by atoms with Crippen LogP contribution in [0.4, 0.5) is 8.78 Å². The van der Waals surface area contributed by atoms with Gasteiger partial charge < -0.3 is 19.5 Å². The minimum atomic E-state index is -2.18. The number of fused-ring (bicyclic) bond motifs is 1. The highest BCUT2D eigenvalue weighted by Gasteiger charge is 2.39. The molecule has 1 N–H and O–H groups in total. The number of carbonyl (C=O) groups excluding carboxylic acids is 3. The predicted octanol–water partition coefficient (Wildman–Crippen LogP) is 4.74. The van der Waals surface area contributed by atoms with Gasteiger partial charge in [-0.25, -0.2) is 8.78 Å². The summed E-state index contributed by atoms with van der Waals surface area (Å²) in [7, 11) is -2.18. The number of aromatic nitrogens is 1. The quantitative estimate of drug-likeness (QED) is 0.195. The summed E-state index contributed by atoms with van der Waals surface area (Å²) in [6.45, 7) is 2.19. The Hall–Kier alpha value is -3.27. The fourth-order valence-corrected chi connectivity index (χ4v) is 5.16. The van der Waals surface area contributed by atoms with Crippen LogP contribution in [-0.2, 0) is 31.8 Å². The van der Waals surface area contributed by atoms with E-state index in [2.05, 4.69) is 5.32 Å². The Kier molecular flexibility index (Phi) is 9.60.